The number of carboxylic acid groups (broad SMARTS) is 1. The average Bonchev–Trinajstić information content (AvgIpc) is 2.37. The minimum atomic E-state index is -0.824. The Balaban J connectivity index is 2.38. The van der Waals surface area contributed by atoms with Crippen molar-refractivity contribution in [3.05, 3.63) is 23.9 Å². The van der Waals surface area contributed by atoms with Crippen molar-refractivity contribution in [2.75, 3.05) is 13.7 Å². The Morgan fingerprint density at radius 1 is 1.44 bits per heavy atom. The predicted molar refractivity (Wildman–Crippen MR) is 64.6 cm³/mol. The van der Waals surface area contributed by atoms with E-state index in [1.54, 1.807) is 18.3 Å². The fourth-order valence-corrected chi connectivity index (χ4v) is 1.42. The summed E-state index contributed by atoms with van der Waals surface area (Å²) in [5.41, 5.74) is 0.373. The van der Waals surface area contributed by atoms with Gasteiger partial charge in [0, 0.05) is 19.2 Å². The highest BCUT2D eigenvalue weighted by Crippen LogP contribution is 2.12. The molecule has 1 aromatic heterocycles. The Labute approximate surface area is 105 Å². The van der Waals surface area contributed by atoms with Crippen molar-refractivity contribution in [2.24, 2.45) is 0 Å². The van der Waals surface area contributed by atoms with E-state index in [0.717, 1.165) is 0 Å². The number of aromatic nitrogens is 1. The summed E-state index contributed by atoms with van der Waals surface area (Å²) in [6.45, 7) is 0.435. The lowest BCUT2D eigenvalue weighted by Crippen LogP contribution is -2.25. The fraction of sp³-hybridized carbons (Fsp3) is 0.417. The second kappa shape index (κ2) is 7.26. The van der Waals surface area contributed by atoms with Gasteiger partial charge in [-0.2, -0.15) is 0 Å². The van der Waals surface area contributed by atoms with Gasteiger partial charge in [0.05, 0.1) is 7.11 Å². The number of nitrogens with zero attached hydrogens (tertiary/aromatic N) is 1. The molecule has 0 fully saturated rings. The summed E-state index contributed by atoms with van der Waals surface area (Å²) in [5, 5.41) is 11.2. The van der Waals surface area contributed by atoms with Crippen LogP contribution in [-0.4, -0.2) is 35.6 Å². The first-order valence-electron chi connectivity index (χ1n) is 5.64. The van der Waals surface area contributed by atoms with Crippen LogP contribution in [0.25, 0.3) is 0 Å². The number of rotatable bonds is 7. The van der Waals surface area contributed by atoms with Crippen LogP contribution >= 0.6 is 0 Å². The third kappa shape index (κ3) is 4.40. The van der Waals surface area contributed by atoms with Gasteiger partial charge in [-0.3, -0.25) is 9.59 Å². The first-order valence-corrected chi connectivity index (χ1v) is 5.64. The van der Waals surface area contributed by atoms with Gasteiger partial charge in [-0.05, 0) is 25.0 Å². The van der Waals surface area contributed by atoms with Crippen LogP contribution in [0.5, 0.6) is 5.88 Å². The molecule has 0 atom stereocenters. The molecule has 6 heteroatoms. The molecule has 1 rings (SSSR count). The third-order valence-electron chi connectivity index (χ3n) is 2.31. The predicted octanol–water partition coefficient (Wildman–Crippen LogP) is 1.07. The number of carboxylic acids is 1. The number of pyridine rings is 1. The Kier molecular flexibility index (Phi) is 5.63. The molecule has 2 N–H and O–H groups in total. The number of hydrogen-bond donors (Lipinski definition) is 2. The second-order valence-corrected chi connectivity index (χ2v) is 3.67. The minimum absolute atomic E-state index is 0.117. The average molecular weight is 252 g/mol. The highest BCUT2D eigenvalue weighted by molar-refractivity contribution is 5.96. The molecule has 0 spiro atoms. The Morgan fingerprint density at radius 2 is 2.22 bits per heavy atom. The SMILES string of the molecule is COc1ncccc1C(=O)NCCCCC(=O)O. The molecular formula is C12H16N2O4. The number of methoxy groups -OCH3 is 1. The molecule has 0 saturated carbocycles. The van der Waals surface area contributed by atoms with Crippen LogP contribution in [0.15, 0.2) is 18.3 Å². The topological polar surface area (TPSA) is 88.5 Å². The van der Waals surface area contributed by atoms with E-state index in [2.05, 4.69) is 10.3 Å². The zero-order chi connectivity index (χ0) is 13.4. The van der Waals surface area contributed by atoms with Crippen LogP contribution < -0.4 is 10.1 Å². The first-order chi connectivity index (χ1) is 8.65. The second-order valence-electron chi connectivity index (χ2n) is 3.67. The Hall–Kier alpha value is -2.11. The van der Waals surface area contributed by atoms with Crippen LogP contribution in [0.3, 0.4) is 0 Å². The van der Waals surface area contributed by atoms with E-state index in [-0.39, 0.29) is 18.2 Å². The standard InChI is InChI=1S/C12H16N2O4/c1-18-12-9(5-4-8-14-12)11(17)13-7-3-2-6-10(15)16/h4-5,8H,2-3,6-7H2,1H3,(H,13,17)(H,15,16). The molecule has 1 aromatic rings. The van der Waals surface area contributed by atoms with Gasteiger partial charge in [0.15, 0.2) is 0 Å². The van der Waals surface area contributed by atoms with Crippen LogP contribution in [0.2, 0.25) is 0 Å². The highest BCUT2D eigenvalue weighted by atomic mass is 16.5. The molecule has 0 aromatic carbocycles. The summed E-state index contributed by atoms with van der Waals surface area (Å²) in [4.78, 5) is 26.0. The highest BCUT2D eigenvalue weighted by Gasteiger charge is 2.11. The number of unbranched alkanes of at least 4 members (excludes halogenated alkanes) is 1. The molecule has 0 radical (unpaired) electrons. The molecule has 1 amide bonds. The molecule has 0 aliphatic heterocycles. The lowest BCUT2D eigenvalue weighted by molar-refractivity contribution is -0.137. The zero-order valence-corrected chi connectivity index (χ0v) is 10.2. The van der Waals surface area contributed by atoms with Gasteiger partial charge in [-0.25, -0.2) is 4.98 Å². The molecular weight excluding hydrogens is 236 g/mol. The summed E-state index contributed by atoms with van der Waals surface area (Å²) in [6, 6.07) is 3.28. The van der Waals surface area contributed by atoms with Crippen molar-refractivity contribution >= 4 is 11.9 Å². The van der Waals surface area contributed by atoms with Crippen molar-refractivity contribution in [1.29, 1.82) is 0 Å². The normalized spacial score (nSPS) is 9.83. The van der Waals surface area contributed by atoms with Crippen LogP contribution in [0.1, 0.15) is 29.6 Å². The quantitative estimate of drug-likeness (QED) is 0.709. The maximum Gasteiger partial charge on any atom is 0.303 e. The van der Waals surface area contributed by atoms with Gasteiger partial charge >= 0.3 is 5.97 Å². The van der Waals surface area contributed by atoms with Crippen molar-refractivity contribution in [1.82, 2.24) is 10.3 Å². The summed E-state index contributed by atoms with van der Waals surface area (Å²) < 4.78 is 4.98. The molecule has 1 heterocycles. The summed E-state index contributed by atoms with van der Waals surface area (Å²) in [7, 11) is 1.45. The number of amides is 1. The van der Waals surface area contributed by atoms with Gasteiger partial charge in [-0.15, -0.1) is 0 Å². The van der Waals surface area contributed by atoms with Crippen molar-refractivity contribution in [2.45, 2.75) is 19.3 Å². The zero-order valence-electron chi connectivity index (χ0n) is 10.2. The van der Waals surface area contributed by atoms with E-state index in [9.17, 15) is 9.59 Å². The van der Waals surface area contributed by atoms with E-state index in [4.69, 9.17) is 9.84 Å². The van der Waals surface area contributed by atoms with Crippen molar-refractivity contribution < 1.29 is 19.4 Å². The number of ether oxygens (including phenoxy) is 1. The maximum absolute atomic E-state index is 11.8. The van der Waals surface area contributed by atoms with E-state index in [1.807, 2.05) is 0 Å². The molecule has 0 aliphatic rings. The number of carbonyl (C=O) groups is 2. The molecule has 98 valence electrons. The van der Waals surface area contributed by atoms with E-state index < -0.39 is 5.97 Å². The number of carbonyl (C=O) groups excluding carboxylic acids is 1. The third-order valence-corrected chi connectivity index (χ3v) is 2.31. The minimum Gasteiger partial charge on any atom is -0.481 e. The summed E-state index contributed by atoms with van der Waals surface area (Å²) >= 11 is 0. The Bertz CT molecular complexity index is 420. The van der Waals surface area contributed by atoms with E-state index >= 15 is 0 Å². The van der Waals surface area contributed by atoms with Gasteiger partial charge in [0.2, 0.25) is 5.88 Å². The van der Waals surface area contributed by atoms with Crippen molar-refractivity contribution in [3.63, 3.8) is 0 Å². The molecule has 0 aliphatic carbocycles. The molecule has 18 heavy (non-hydrogen) atoms. The first kappa shape index (κ1) is 14.0. The Morgan fingerprint density at radius 3 is 2.89 bits per heavy atom. The van der Waals surface area contributed by atoms with Gasteiger partial charge in [-0.1, -0.05) is 0 Å². The lowest BCUT2D eigenvalue weighted by Gasteiger charge is -2.07. The molecule has 0 bridgehead atoms. The maximum atomic E-state index is 11.8. The summed E-state index contributed by atoms with van der Waals surface area (Å²) in [6.07, 6.45) is 2.83. The van der Waals surface area contributed by atoms with Gasteiger partial charge in [0.1, 0.15) is 5.56 Å². The van der Waals surface area contributed by atoms with E-state index in [0.29, 0.717) is 24.9 Å². The summed E-state index contributed by atoms with van der Waals surface area (Å²) in [5.74, 6) is -0.814. The number of hydrogen-bond acceptors (Lipinski definition) is 4. The van der Waals surface area contributed by atoms with Gasteiger partial charge < -0.3 is 15.2 Å². The largest absolute Gasteiger partial charge is 0.481 e. The molecule has 0 saturated heterocycles. The lowest BCUT2D eigenvalue weighted by atomic mass is 10.2. The smallest absolute Gasteiger partial charge is 0.303 e. The molecule has 6 nitrogen and oxygen atoms in total. The van der Waals surface area contributed by atoms with Gasteiger partial charge in [0.25, 0.3) is 5.91 Å². The number of nitrogens with one attached hydrogen (secondary N) is 1. The monoisotopic (exact) mass is 252 g/mol. The molecule has 0 unspecified atom stereocenters. The van der Waals surface area contributed by atoms with Crippen molar-refractivity contribution in [3.8, 4) is 5.88 Å². The van der Waals surface area contributed by atoms with Crippen LogP contribution in [-0.2, 0) is 4.79 Å². The number of aliphatic carboxylic acids is 1. The van der Waals surface area contributed by atoms with E-state index in [1.165, 1.54) is 7.11 Å². The fourth-order valence-electron chi connectivity index (χ4n) is 1.42. The van der Waals surface area contributed by atoms with Crippen LogP contribution in [0, 0.1) is 0 Å². The van der Waals surface area contributed by atoms with Crippen LogP contribution in [0.4, 0.5) is 0 Å².